The Morgan fingerprint density at radius 1 is 1.43 bits per heavy atom. The van der Waals surface area contributed by atoms with E-state index in [1.165, 1.54) is 0 Å². The van der Waals surface area contributed by atoms with Gasteiger partial charge in [-0.1, -0.05) is 29.8 Å². The molecule has 1 aromatic heterocycles. The molecule has 21 heavy (non-hydrogen) atoms. The van der Waals surface area contributed by atoms with Crippen LogP contribution in [-0.4, -0.2) is 41.6 Å². The van der Waals surface area contributed by atoms with Gasteiger partial charge in [-0.3, -0.25) is 4.79 Å². The van der Waals surface area contributed by atoms with Crippen LogP contribution in [0.3, 0.4) is 0 Å². The number of hydrogen-bond donors (Lipinski definition) is 0. The molecule has 1 unspecified atom stereocenters. The van der Waals surface area contributed by atoms with Crippen molar-refractivity contribution >= 4 is 28.4 Å². The van der Waals surface area contributed by atoms with E-state index in [0.717, 1.165) is 17.3 Å². The second-order valence-corrected chi connectivity index (χ2v) is 5.68. The van der Waals surface area contributed by atoms with Gasteiger partial charge in [-0.25, -0.2) is 4.98 Å². The van der Waals surface area contributed by atoms with E-state index in [1.54, 1.807) is 6.07 Å². The summed E-state index contributed by atoms with van der Waals surface area (Å²) in [6.45, 7) is 4.00. The molecule has 0 spiro atoms. The lowest BCUT2D eigenvalue weighted by molar-refractivity contribution is 0.0564. The van der Waals surface area contributed by atoms with Crippen molar-refractivity contribution in [2.45, 2.75) is 19.4 Å². The predicted molar refractivity (Wildman–Crippen MR) is 82.7 cm³/mol. The highest BCUT2D eigenvalue weighted by atomic mass is 35.5. The number of hydrogen-bond acceptors (Lipinski definition) is 3. The zero-order valence-electron chi connectivity index (χ0n) is 11.9. The fraction of sp³-hybridized carbons (Fsp3) is 0.375. The van der Waals surface area contributed by atoms with Crippen molar-refractivity contribution < 1.29 is 9.53 Å². The van der Waals surface area contributed by atoms with Gasteiger partial charge in [0.15, 0.2) is 0 Å². The number of pyridine rings is 1. The quantitative estimate of drug-likeness (QED) is 0.760. The molecule has 1 aliphatic heterocycles. The van der Waals surface area contributed by atoms with Crippen molar-refractivity contribution in [1.82, 2.24) is 9.88 Å². The van der Waals surface area contributed by atoms with Gasteiger partial charge in [0.1, 0.15) is 5.15 Å². The molecule has 1 saturated heterocycles. The maximum atomic E-state index is 12.8. The molecule has 4 nitrogen and oxygen atoms in total. The Labute approximate surface area is 128 Å². The lowest BCUT2D eigenvalue weighted by Crippen LogP contribution is -2.36. The smallest absolute Gasteiger partial charge is 0.254 e. The minimum absolute atomic E-state index is 0.00662. The van der Waals surface area contributed by atoms with Crippen LogP contribution in [0.15, 0.2) is 30.3 Å². The second kappa shape index (κ2) is 6.00. The molecule has 0 saturated carbocycles. The number of aromatic nitrogens is 1. The van der Waals surface area contributed by atoms with Crippen LogP contribution in [0.1, 0.15) is 23.7 Å². The summed E-state index contributed by atoms with van der Waals surface area (Å²) < 4.78 is 5.60. The summed E-state index contributed by atoms with van der Waals surface area (Å²) in [7, 11) is 0. The minimum atomic E-state index is -0.00662. The third kappa shape index (κ3) is 3.01. The topological polar surface area (TPSA) is 42.4 Å². The van der Waals surface area contributed by atoms with Gasteiger partial charge in [0.05, 0.1) is 17.2 Å². The number of ether oxygens (including phenoxy) is 1. The van der Waals surface area contributed by atoms with Gasteiger partial charge >= 0.3 is 0 Å². The highest BCUT2D eigenvalue weighted by molar-refractivity contribution is 6.30. The third-order valence-corrected chi connectivity index (χ3v) is 3.85. The lowest BCUT2D eigenvalue weighted by Gasteiger charge is -2.23. The number of carbonyl (C=O) groups is 1. The molecular weight excluding hydrogens is 288 g/mol. The zero-order chi connectivity index (χ0) is 14.8. The number of carbonyl (C=O) groups excluding carboxylic acids is 1. The van der Waals surface area contributed by atoms with Crippen LogP contribution in [0.25, 0.3) is 10.9 Å². The SMILES string of the molecule is CC1CN(C(=O)c2cc(Cl)nc3ccccc23)CCCO1. The van der Waals surface area contributed by atoms with E-state index in [2.05, 4.69) is 4.98 Å². The number of halogens is 1. The summed E-state index contributed by atoms with van der Waals surface area (Å²) in [5.74, 6) is -0.00662. The predicted octanol–water partition coefficient (Wildman–Crippen LogP) is 3.14. The van der Waals surface area contributed by atoms with Crippen molar-refractivity contribution in [1.29, 1.82) is 0 Å². The van der Waals surface area contributed by atoms with E-state index < -0.39 is 0 Å². The Morgan fingerprint density at radius 3 is 3.10 bits per heavy atom. The van der Waals surface area contributed by atoms with Crippen molar-refractivity contribution in [2.75, 3.05) is 19.7 Å². The first-order valence-corrected chi connectivity index (χ1v) is 7.49. The van der Waals surface area contributed by atoms with E-state index in [1.807, 2.05) is 36.1 Å². The molecule has 3 rings (SSSR count). The Bertz CT molecular complexity index is 674. The minimum Gasteiger partial charge on any atom is -0.377 e. The van der Waals surface area contributed by atoms with Crippen LogP contribution < -0.4 is 0 Å². The zero-order valence-corrected chi connectivity index (χ0v) is 12.6. The normalized spacial score (nSPS) is 19.5. The van der Waals surface area contributed by atoms with Gasteiger partial charge in [0.25, 0.3) is 5.91 Å². The molecule has 1 fully saturated rings. The van der Waals surface area contributed by atoms with Crippen molar-refractivity contribution in [2.24, 2.45) is 0 Å². The molecule has 1 aromatic carbocycles. The number of amides is 1. The molecule has 1 aliphatic rings. The molecule has 5 heteroatoms. The Kier molecular flexibility index (Phi) is 4.08. The molecule has 0 aliphatic carbocycles. The van der Waals surface area contributed by atoms with Crippen molar-refractivity contribution in [3.63, 3.8) is 0 Å². The van der Waals surface area contributed by atoms with Gasteiger partial charge in [0, 0.05) is 25.1 Å². The number of benzene rings is 1. The fourth-order valence-electron chi connectivity index (χ4n) is 2.67. The Hall–Kier alpha value is -1.65. The summed E-state index contributed by atoms with van der Waals surface area (Å²) in [6.07, 6.45) is 0.910. The monoisotopic (exact) mass is 304 g/mol. The Balaban J connectivity index is 2.00. The first-order chi connectivity index (χ1) is 10.1. The van der Waals surface area contributed by atoms with E-state index in [-0.39, 0.29) is 12.0 Å². The third-order valence-electron chi connectivity index (χ3n) is 3.65. The largest absolute Gasteiger partial charge is 0.377 e. The molecule has 0 radical (unpaired) electrons. The van der Waals surface area contributed by atoms with Crippen LogP contribution in [0, 0.1) is 0 Å². The number of para-hydroxylation sites is 1. The standard InChI is InChI=1S/C16H17ClN2O2/c1-11-10-19(7-4-8-21-11)16(20)13-9-15(17)18-14-6-3-2-5-12(13)14/h2-3,5-6,9,11H,4,7-8,10H2,1H3. The van der Waals surface area contributed by atoms with E-state index in [9.17, 15) is 4.79 Å². The van der Waals surface area contributed by atoms with E-state index >= 15 is 0 Å². The van der Waals surface area contributed by atoms with Crippen LogP contribution in [0.5, 0.6) is 0 Å². The molecule has 110 valence electrons. The molecule has 1 amide bonds. The summed E-state index contributed by atoms with van der Waals surface area (Å²) in [5, 5.41) is 1.18. The Morgan fingerprint density at radius 2 is 2.24 bits per heavy atom. The van der Waals surface area contributed by atoms with Crippen molar-refractivity contribution in [3.8, 4) is 0 Å². The van der Waals surface area contributed by atoms with Crippen LogP contribution in [0.2, 0.25) is 5.15 Å². The van der Waals surface area contributed by atoms with Crippen LogP contribution in [0.4, 0.5) is 0 Å². The average Bonchev–Trinajstić information content (AvgIpc) is 2.70. The highest BCUT2D eigenvalue weighted by Crippen LogP contribution is 2.23. The van der Waals surface area contributed by atoms with Crippen LogP contribution in [-0.2, 0) is 4.74 Å². The molecule has 0 N–H and O–H groups in total. The number of rotatable bonds is 1. The van der Waals surface area contributed by atoms with Crippen LogP contribution >= 0.6 is 11.6 Å². The van der Waals surface area contributed by atoms with E-state index in [0.29, 0.717) is 30.4 Å². The van der Waals surface area contributed by atoms with Crippen molar-refractivity contribution in [3.05, 3.63) is 41.0 Å². The molecular formula is C16H17ClN2O2. The molecule has 2 heterocycles. The number of nitrogens with zero attached hydrogens (tertiary/aromatic N) is 2. The maximum Gasteiger partial charge on any atom is 0.254 e. The van der Waals surface area contributed by atoms with Gasteiger partial charge in [-0.15, -0.1) is 0 Å². The highest BCUT2D eigenvalue weighted by Gasteiger charge is 2.23. The maximum absolute atomic E-state index is 12.8. The molecule has 1 atom stereocenters. The molecule has 2 aromatic rings. The summed E-state index contributed by atoms with van der Waals surface area (Å²) >= 11 is 6.06. The van der Waals surface area contributed by atoms with Gasteiger partial charge in [-0.2, -0.15) is 0 Å². The van der Waals surface area contributed by atoms with E-state index in [4.69, 9.17) is 16.3 Å². The number of fused-ring (bicyclic) bond motifs is 1. The fourth-order valence-corrected chi connectivity index (χ4v) is 2.87. The summed E-state index contributed by atoms with van der Waals surface area (Å²) in [4.78, 5) is 19.0. The summed E-state index contributed by atoms with van der Waals surface area (Å²) in [6, 6.07) is 9.23. The second-order valence-electron chi connectivity index (χ2n) is 5.30. The molecule has 0 bridgehead atoms. The first-order valence-electron chi connectivity index (χ1n) is 7.11. The average molecular weight is 305 g/mol. The van der Waals surface area contributed by atoms with Gasteiger partial charge in [0.2, 0.25) is 0 Å². The lowest BCUT2D eigenvalue weighted by atomic mass is 10.1. The van der Waals surface area contributed by atoms with Gasteiger partial charge < -0.3 is 9.64 Å². The summed E-state index contributed by atoms with van der Waals surface area (Å²) in [5.41, 5.74) is 1.35. The van der Waals surface area contributed by atoms with Gasteiger partial charge in [-0.05, 0) is 25.5 Å². The first kappa shape index (κ1) is 14.3.